The minimum atomic E-state index is 0.205. The molecule has 0 amide bonds. The van der Waals surface area contributed by atoms with Crippen molar-refractivity contribution in [3.8, 4) is 0 Å². The van der Waals surface area contributed by atoms with Crippen molar-refractivity contribution in [2.75, 3.05) is 4.90 Å². The van der Waals surface area contributed by atoms with E-state index in [1.54, 1.807) is 0 Å². The Morgan fingerprint density at radius 1 is 1.00 bits per heavy atom. The third-order valence-corrected chi connectivity index (χ3v) is 3.72. The molecule has 3 rings (SSSR count). The highest BCUT2D eigenvalue weighted by Gasteiger charge is 2.18. The normalized spacial score (nSPS) is 13.4. The third kappa shape index (κ3) is 2.26. The zero-order valence-corrected chi connectivity index (χ0v) is 11.1. The summed E-state index contributed by atoms with van der Waals surface area (Å²) in [6, 6.07) is 16.5. The first-order valence-corrected chi connectivity index (χ1v) is 6.73. The first kappa shape index (κ1) is 12.0. The zero-order valence-electron chi connectivity index (χ0n) is 11.1. The third-order valence-electron chi connectivity index (χ3n) is 3.72. The first-order valence-electron chi connectivity index (χ1n) is 6.73. The molecule has 0 spiro atoms. The average Bonchev–Trinajstić information content (AvgIpc) is 2.90. The Morgan fingerprint density at radius 3 is 2.11 bits per heavy atom. The van der Waals surface area contributed by atoms with Crippen molar-refractivity contribution in [3.63, 3.8) is 0 Å². The van der Waals surface area contributed by atoms with E-state index in [9.17, 15) is 4.79 Å². The smallest absolute Gasteiger partial charge is 0.162 e. The number of fused-ring (bicyclic) bond motifs is 1. The van der Waals surface area contributed by atoms with Crippen LogP contribution in [0.5, 0.6) is 0 Å². The highest BCUT2D eigenvalue weighted by Crippen LogP contribution is 2.28. The molecule has 0 bridgehead atoms. The van der Waals surface area contributed by atoms with Crippen LogP contribution < -0.4 is 4.90 Å². The number of hydrogen-bond donors (Lipinski definition) is 0. The van der Waals surface area contributed by atoms with Gasteiger partial charge < -0.3 is 4.90 Å². The number of hydrogen-bond acceptors (Lipinski definition) is 2. The summed E-state index contributed by atoms with van der Waals surface area (Å²) in [4.78, 5) is 13.9. The van der Waals surface area contributed by atoms with E-state index in [0.717, 1.165) is 18.7 Å². The van der Waals surface area contributed by atoms with E-state index >= 15 is 0 Å². The molecule has 0 saturated heterocycles. The summed E-state index contributed by atoms with van der Waals surface area (Å²) >= 11 is 0. The topological polar surface area (TPSA) is 20.3 Å². The lowest BCUT2D eigenvalue weighted by molar-refractivity contribution is 0.0988. The van der Waals surface area contributed by atoms with Crippen LogP contribution in [0.1, 0.15) is 34.8 Å². The number of anilines is 1. The predicted molar refractivity (Wildman–Crippen MR) is 77.4 cm³/mol. The summed E-state index contributed by atoms with van der Waals surface area (Å²) in [6.45, 7) is 3.81. The first-order chi connectivity index (χ1) is 9.28. The van der Waals surface area contributed by atoms with Crippen LogP contribution in [0, 0.1) is 0 Å². The van der Waals surface area contributed by atoms with E-state index in [1.165, 1.54) is 16.8 Å². The summed E-state index contributed by atoms with van der Waals surface area (Å²) in [7, 11) is 0. The lowest BCUT2D eigenvalue weighted by Gasteiger charge is -2.17. The van der Waals surface area contributed by atoms with Gasteiger partial charge in [-0.1, -0.05) is 31.2 Å². The van der Waals surface area contributed by atoms with Gasteiger partial charge in [0.1, 0.15) is 0 Å². The maximum absolute atomic E-state index is 11.6. The Kier molecular flexibility index (Phi) is 3.08. The molecule has 0 aliphatic carbocycles. The van der Waals surface area contributed by atoms with E-state index in [4.69, 9.17) is 0 Å². The summed E-state index contributed by atoms with van der Waals surface area (Å²) in [6.07, 6.45) is 0.564. The van der Waals surface area contributed by atoms with E-state index < -0.39 is 0 Å². The minimum absolute atomic E-state index is 0.205. The summed E-state index contributed by atoms with van der Waals surface area (Å²) in [5.74, 6) is 0.205. The van der Waals surface area contributed by atoms with Crippen LogP contribution in [0.15, 0.2) is 48.5 Å². The van der Waals surface area contributed by atoms with Crippen molar-refractivity contribution >= 4 is 11.5 Å². The van der Waals surface area contributed by atoms with E-state index in [0.29, 0.717) is 6.42 Å². The van der Waals surface area contributed by atoms with Crippen LogP contribution in [-0.2, 0) is 13.1 Å². The molecule has 2 aromatic carbocycles. The number of benzene rings is 2. The van der Waals surface area contributed by atoms with Gasteiger partial charge >= 0.3 is 0 Å². The molecule has 2 heteroatoms. The second-order valence-electron chi connectivity index (χ2n) is 4.95. The molecule has 1 aliphatic heterocycles. The fraction of sp³-hybridized carbons (Fsp3) is 0.235. The van der Waals surface area contributed by atoms with Crippen molar-refractivity contribution in [1.82, 2.24) is 0 Å². The largest absolute Gasteiger partial charge is 0.363 e. The van der Waals surface area contributed by atoms with Crippen molar-refractivity contribution in [2.45, 2.75) is 26.4 Å². The molecule has 0 fully saturated rings. The number of Topliss-reactive ketones (excluding diaryl/α,β-unsaturated/α-hetero) is 1. The van der Waals surface area contributed by atoms with Crippen LogP contribution in [0.3, 0.4) is 0 Å². The summed E-state index contributed by atoms with van der Waals surface area (Å²) in [5, 5.41) is 0. The second-order valence-corrected chi connectivity index (χ2v) is 4.95. The molecular weight excluding hydrogens is 234 g/mol. The van der Waals surface area contributed by atoms with Crippen molar-refractivity contribution in [2.24, 2.45) is 0 Å². The highest BCUT2D eigenvalue weighted by molar-refractivity contribution is 5.96. The molecule has 1 aliphatic rings. The fourth-order valence-corrected chi connectivity index (χ4v) is 2.58. The van der Waals surface area contributed by atoms with Gasteiger partial charge in [0, 0.05) is 30.8 Å². The fourth-order valence-electron chi connectivity index (χ4n) is 2.58. The Bertz CT molecular complexity index is 576. The number of rotatable bonds is 3. The maximum Gasteiger partial charge on any atom is 0.162 e. The molecule has 19 heavy (non-hydrogen) atoms. The molecule has 2 aromatic rings. The van der Waals surface area contributed by atoms with Crippen LogP contribution in [0.2, 0.25) is 0 Å². The monoisotopic (exact) mass is 251 g/mol. The van der Waals surface area contributed by atoms with Gasteiger partial charge in [0.15, 0.2) is 5.78 Å². The molecule has 0 saturated carbocycles. The van der Waals surface area contributed by atoms with Crippen molar-refractivity contribution in [3.05, 3.63) is 65.2 Å². The van der Waals surface area contributed by atoms with Gasteiger partial charge in [0.05, 0.1) is 0 Å². The molecular formula is C17H17NO. The Balaban J connectivity index is 1.80. The van der Waals surface area contributed by atoms with Crippen LogP contribution >= 0.6 is 0 Å². The standard InChI is InChI=1S/C17H17NO/c1-2-17(19)13-7-9-16(10-8-13)18-11-14-5-3-4-6-15(14)12-18/h3-10H,2,11-12H2,1H3. The highest BCUT2D eigenvalue weighted by atomic mass is 16.1. The van der Waals surface area contributed by atoms with Gasteiger partial charge in [-0.2, -0.15) is 0 Å². The molecule has 0 radical (unpaired) electrons. The molecule has 0 atom stereocenters. The molecule has 0 N–H and O–H groups in total. The molecule has 0 aromatic heterocycles. The predicted octanol–water partition coefficient (Wildman–Crippen LogP) is 3.80. The number of ketones is 1. The number of nitrogens with zero attached hydrogens (tertiary/aromatic N) is 1. The Labute approximate surface area is 113 Å². The number of carbonyl (C=O) groups excluding carboxylic acids is 1. The SMILES string of the molecule is CCC(=O)c1ccc(N2Cc3ccccc3C2)cc1. The summed E-state index contributed by atoms with van der Waals surface area (Å²) in [5.41, 5.74) is 4.79. The van der Waals surface area contributed by atoms with Crippen molar-refractivity contribution < 1.29 is 4.79 Å². The van der Waals surface area contributed by atoms with Gasteiger partial charge in [-0.25, -0.2) is 0 Å². The minimum Gasteiger partial charge on any atom is -0.363 e. The van der Waals surface area contributed by atoms with Gasteiger partial charge in [-0.05, 0) is 35.4 Å². The van der Waals surface area contributed by atoms with Crippen molar-refractivity contribution in [1.29, 1.82) is 0 Å². The lowest BCUT2D eigenvalue weighted by atomic mass is 10.1. The van der Waals surface area contributed by atoms with Crippen LogP contribution in [0.4, 0.5) is 5.69 Å². The second kappa shape index (κ2) is 4.88. The van der Waals surface area contributed by atoms with Crippen LogP contribution in [-0.4, -0.2) is 5.78 Å². The van der Waals surface area contributed by atoms with E-state index in [1.807, 2.05) is 19.1 Å². The Hall–Kier alpha value is -2.09. The van der Waals surface area contributed by atoms with E-state index in [2.05, 4.69) is 41.3 Å². The van der Waals surface area contributed by atoms with Gasteiger partial charge in [-0.3, -0.25) is 4.79 Å². The average molecular weight is 251 g/mol. The molecule has 0 unspecified atom stereocenters. The zero-order chi connectivity index (χ0) is 13.2. The van der Waals surface area contributed by atoms with Gasteiger partial charge in [-0.15, -0.1) is 0 Å². The van der Waals surface area contributed by atoms with Gasteiger partial charge in [0.25, 0.3) is 0 Å². The molecule has 2 nitrogen and oxygen atoms in total. The Morgan fingerprint density at radius 2 is 1.58 bits per heavy atom. The van der Waals surface area contributed by atoms with Crippen LogP contribution in [0.25, 0.3) is 0 Å². The quantitative estimate of drug-likeness (QED) is 0.773. The van der Waals surface area contributed by atoms with E-state index in [-0.39, 0.29) is 5.78 Å². The summed E-state index contributed by atoms with van der Waals surface area (Å²) < 4.78 is 0. The lowest BCUT2D eigenvalue weighted by Crippen LogP contribution is -2.14. The number of carbonyl (C=O) groups is 1. The molecule has 1 heterocycles. The molecule has 96 valence electrons. The maximum atomic E-state index is 11.6. The van der Waals surface area contributed by atoms with Gasteiger partial charge in [0.2, 0.25) is 0 Å².